The van der Waals surface area contributed by atoms with Gasteiger partial charge in [-0.15, -0.1) is 0 Å². The van der Waals surface area contributed by atoms with Gasteiger partial charge in [-0.1, -0.05) is 12.8 Å². The summed E-state index contributed by atoms with van der Waals surface area (Å²) in [5.41, 5.74) is 9.17. The second kappa shape index (κ2) is 6.03. The van der Waals surface area contributed by atoms with Gasteiger partial charge in [-0.2, -0.15) is 5.26 Å². The van der Waals surface area contributed by atoms with Gasteiger partial charge in [0.15, 0.2) is 0 Å². The fourth-order valence-electron chi connectivity index (χ4n) is 2.96. The Labute approximate surface area is 115 Å². The zero-order valence-electron chi connectivity index (χ0n) is 11.7. The molecule has 1 heterocycles. The molecule has 19 heavy (non-hydrogen) atoms. The van der Waals surface area contributed by atoms with Crippen LogP contribution >= 0.6 is 0 Å². The molecule has 1 saturated carbocycles. The second-order valence-corrected chi connectivity index (χ2v) is 5.41. The summed E-state index contributed by atoms with van der Waals surface area (Å²) < 4.78 is 0. The lowest BCUT2D eigenvalue weighted by Crippen LogP contribution is -2.37. The summed E-state index contributed by atoms with van der Waals surface area (Å²) >= 11 is 0. The van der Waals surface area contributed by atoms with E-state index >= 15 is 0 Å². The van der Waals surface area contributed by atoms with Crippen LogP contribution in [-0.2, 0) is 0 Å². The largest absolute Gasteiger partial charge is 0.381 e. The molecule has 0 aliphatic heterocycles. The number of hydrogen-bond donors (Lipinski definition) is 2. The second-order valence-electron chi connectivity index (χ2n) is 5.41. The molecule has 4 heteroatoms. The highest BCUT2D eigenvalue weighted by Crippen LogP contribution is 2.28. The van der Waals surface area contributed by atoms with Crippen LogP contribution in [0, 0.1) is 31.1 Å². The average Bonchev–Trinajstić information content (AvgIpc) is 2.39. The molecule has 2 unspecified atom stereocenters. The first-order chi connectivity index (χ1) is 9.15. The van der Waals surface area contributed by atoms with Crippen molar-refractivity contribution >= 4 is 5.69 Å². The number of nitriles is 1. The molecule has 1 fully saturated rings. The summed E-state index contributed by atoms with van der Waals surface area (Å²) in [6.45, 7) is 4.56. The highest BCUT2D eigenvalue weighted by molar-refractivity contribution is 5.60. The van der Waals surface area contributed by atoms with Crippen molar-refractivity contribution in [3.05, 3.63) is 23.0 Å². The van der Waals surface area contributed by atoms with Gasteiger partial charge in [0.05, 0.1) is 16.9 Å². The van der Waals surface area contributed by atoms with E-state index in [0.717, 1.165) is 23.5 Å². The first kappa shape index (κ1) is 13.8. The van der Waals surface area contributed by atoms with Gasteiger partial charge in [0.25, 0.3) is 0 Å². The summed E-state index contributed by atoms with van der Waals surface area (Å²) in [7, 11) is 0. The Kier molecular flexibility index (Phi) is 4.39. The average molecular weight is 258 g/mol. The van der Waals surface area contributed by atoms with E-state index in [4.69, 9.17) is 5.73 Å². The lowest BCUT2D eigenvalue weighted by atomic mass is 9.84. The molecule has 4 nitrogen and oxygen atoms in total. The topological polar surface area (TPSA) is 74.7 Å². The number of pyridine rings is 1. The third-order valence-electron chi connectivity index (χ3n) is 3.99. The van der Waals surface area contributed by atoms with Gasteiger partial charge in [-0.25, -0.2) is 0 Å². The monoisotopic (exact) mass is 258 g/mol. The number of hydrogen-bond acceptors (Lipinski definition) is 4. The molecule has 1 aliphatic rings. The maximum absolute atomic E-state index is 9.29. The van der Waals surface area contributed by atoms with Crippen molar-refractivity contribution in [2.24, 2.45) is 11.7 Å². The van der Waals surface area contributed by atoms with E-state index in [0.29, 0.717) is 24.1 Å². The van der Waals surface area contributed by atoms with Crippen LogP contribution in [0.25, 0.3) is 0 Å². The predicted octanol–water partition coefficient (Wildman–Crippen LogP) is 2.50. The minimum absolute atomic E-state index is 0.382. The van der Waals surface area contributed by atoms with Gasteiger partial charge in [0.1, 0.15) is 6.07 Å². The molecule has 0 saturated heterocycles. The van der Waals surface area contributed by atoms with E-state index in [-0.39, 0.29) is 0 Å². The van der Waals surface area contributed by atoms with E-state index < -0.39 is 0 Å². The van der Waals surface area contributed by atoms with Crippen molar-refractivity contribution in [3.63, 3.8) is 0 Å². The number of anilines is 1. The van der Waals surface area contributed by atoms with Crippen molar-refractivity contribution in [2.45, 2.75) is 45.6 Å². The van der Waals surface area contributed by atoms with E-state index in [9.17, 15) is 5.26 Å². The minimum Gasteiger partial charge on any atom is -0.381 e. The summed E-state index contributed by atoms with van der Waals surface area (Å²) in [5, 5.41) is 12.8. The molecule has 0 aromatic carbocycles. The highest BCUT2D eigenvalue weighted by Gasteiger charge is 2.24. The SMILES string of the molecule is Cc1cc(NC2CCCCC2CN)c(C#N)c(C)n1. The fraction of sp³-hybridized carbons (Fsp3) is 0.600. The lowest BCUT2D eigenvalue weighted by molar-refractivity contribution is 0.332. The van der Waals surface area contributed by atoms with Crippen molar-refractivity contribution in [1.82, 2.24) is 4.98 Å². The summed E-state index contributed by atoms with van der Waals surface area (Å²) in [4.78, 5) is 4.35. The first-order valence-electron chi connectivity index (χ1n) is 7.00. The van der Waals surface area contributed by atoms with Crippen LogP contribution in [0.3, 0.4) is 0 Å². The Balaban J connectivity index is 2.25. The van der Waals surface area contributed by atoms with Crippen LogP contribution in [0.5, 0.6) is 0 Å². The molecule has 1 aliphatic carbocycles. The van der Waals surface area contributed by atoms with Gasteiger partial charge in [-0.3, -0.25) is 4.98 Å². The van der Waals surface area contributed by atoms with Gasteiger partial charge in [0.2, 0.25) is 0 Å². The molecule has 102 valence electrons. The van der Waals surface area contributed by atoms with Crippen molar-refractivity contribution in [3.8, 4) is 6.07 Å². The number of nitrogens with one attached hydrogen (secondary N) is 1. The van der Waals surface area contributed by atoms with Gasteiger partial charge >= 0.3 is 0 Å². The van der Waals surface area contributed by atoms with E-state index in [2.05, 4.69) is 16.4 Å². The van der Waals surface area contributed by atoms with E-state index in [1.165, 1.54) is 19.3 Å². The highest BCUT2D eigenvalue weighted by atomic mass is 14.9. The number of nitrogens with zero attached hydrogens (tertiary/aromatic N) is 2. The summed E-state index contributed by atoms with van der Waals surface area (Å²) in [5.74, 6) is 0.508. The summed E-state index contributed by atoms with van der Waals surface area (Å²) in [6, 6.07) is 4.60. The Morgan fingerprint density at radius 3 is 2.84 bits per heavy atom. The standard InChI is InChI=1S/C15H22N4/c1-10-7-15(13(9-17)11(2)18-10)19-14-6-4-3-5-12(14)8-16/h7,12,14H,3-6,8,16H2,1-2H3,(H,18,19). The number of aromatic nitrogens is 1. The fourth-order valence-corrected chi connectivity index (χ4v) is 2.96. The van der Waals surface area contributed by atoms with Crippen molar-refractivity contribution in [1.29, 1.82) is 5.26 Å². The molecule has 0 spiro atoms. The Hall–Kier alpha value is -1.60. The van der Waals surface area contributed by atoms with Crippen LogP contribution in [-0.4, -0.2) is 17.6 Å². The van der Waals surface area contributed by atoms with Gasteiger partial charge < -0.3 is 11.1 Å². The van der Waals surface area contributed by atoms with Crippen LogP contribution in [0.15, 0.2) is 6.07 Å². The van der Waals surface area contributed by atoms with E-state index in [1.54, 1.807) is 0 Å². The zero-order chi connectivity index (χ0) is 13.8. The molecule has 2 rings (SSSR count). The molecule has 0 radical (unpaired) electrons. The molecule has 3 N–H and O–H groups in total. The van der Waals surface area contributed by atoms with Crippen LogP contribution in [0.1, 0.15) is 42.6 Å². The van der Waals surface area contributed by atoms with Crippen molar-refractivity contribution in [2.75, 3.05) is 11.9 Å². The first-order valence-corrected chi connectivity index (χ1v) is 7.00. The Morgan fingerprint density at radius 2 is 2.16 bits per heavy atom. The normalized spacial score (nSPS) is 22.8. The predicted molar refractivity (Wildman–Crippen MR) is 76.8 cm³/mol. The Bertz CT molecular complexity index is 490. The maximum atomic E-state index is 9.29. The van der Waals surface area contributed by atoms with Gasteiger partial charge in [-0.05, 0) is 45.2 Å². The van der Waals surface area contributed by atoms with Crippen LogP contribution < -0.4 is 11.1 Å². The minimum atomic E-state index is 0.382. The molecular formula is C15H22N4. The van der Waals surface area contributed by atoms with Crippen LogP contribution in [0.4, 0.5) is 5.69 Å². The third kappa shape index (κ3) is 3.05. The number of rotatable bonds is 3. The maximum Gasteiger partial charge on any atom is 0.103 e. The Morgan fingerprint density at radius 1 is 1.42 bits per heavy atom. The molecule has 0 bridgehead atoms. The molecule has 0 amide bonds. The molecule has 2 atom stereocenters. The van der Waals surface area contributed by atoms with Gasteiger partial charge in [0, 0.05) is 11.7 Å². The van der Waals surface area contributed by atoms with Crippen LogP contribution in [0.2, 0.25) is 0 Å². The lowest BCUT2D eigenvalue weighted by Gasteiger charge is -2.32. The number of aryl methyl sites for hydroxylation is 2. The third-order valence-corrected chi connectivity index (χ3v) is 3.99. The molecular weight excluding hydrogens is 236 g/mol. The molecule has 1 aromatic heterocycles. The summed E-state index contributed by atoms with van der Waals surface area (Å²) in [6.07, 6.45) is 4.81. The molecule has 1 aromatic rings. The number of nitrogens with two attached hydrogens (primary N) is 1. The van der Waals surface area contributed by atoms with E-state index in [1.807, 2.05) is 19.9 Å². The zero-order valence-corrected chi connectivity index (χ0v) is 11.7. The quantitative estimate of drug-likeness (QED) is 0.873. The smallest absolute Gasteiger partial charge is 0.103 e. The van der Waals surface area contributed by atoms with Crippen molar-refractivity contribution < 1.29 is 0 Å².